The number of benzene rings is 4. The monoisotopic (exact) mass is 513 g/mol. The number of fused-ring (bicyclic) bond motifs is 1. The predicted molar refractivity (Wildman–Crippen MR) is 160 cm³/mol. The first-order chi connectivity index (χ1) is 19.8. The molecule has 7 aromatic rings. The second kappa shape index (κ2) is 10.3. The first kappa shape index (κ1) is 23.6. The van der Waals surface area contributed by atoms with E-state index >= 15 is 0 Å². The van der Waals surface area contributed by atoms with Gasteiger partial charge in [0.1, 0.15) is 0 Å². The van der Waals surface area contributed by atoms with E-state index in [4.69, 9.17) is 19.9 Å². The van der Waals surface area contributed by atoms with Gasteiger partial charge in [0.2, 0.25) is 0 Å². The van der Waals surface area contributed by atoms with Crippen molar-refractivity contribution in [2.24, 2.45) is 0 Å². The highest BCUT2D eigenvalue weighted by atomic mass is 15.0. The van der Waals surface area contributed by atoms with Gasteiger partial charge in [-0.2, -0.15) is 0 Å². The number of nitrogens with zero attached hydrogens (tertiary/aromatic N) is 5. The van der Waals surface area contributed by atoms with Gasteiger partial charge in [0, 0.05) is 45.6 Å². The van der Waals surface area contributed by atoms with Crippen LogP contribution in [-0.4, -0.2) is 24.9 Å². The molecule has 0 radical (unpaired) electrons. The lowest BCUT2D eigenvalue weighted by Crippen LogP contribution is -2.00. The highest BCUT2D eigenvalue weighted by Crippen LogP contribution is 2.28. The third-order valence-corrected chi connectivity index (χ3v) is 6.82. The average molecular weight is 514 g/mol. The summed E-state index contributed by atoms with van der Waals surface area (Å²) in [6, 6.07) is 42.7. The number of pyridine rings is 2. The zero-order chi connectivity index (χ0) is 26.7. The molecule has 0 N–H and O–H groups in total. The largest absolute Gasteiger partial charge is 0.264 e. The van der Waals surface area contributed by atoms with Crippen LogP contribution < -0.4 is 0 Å². The van der Waals surface area contributed by atoms with E-state index in [-0.39, 0.29) is 0 Å². The number of hydrogen-bond acceptors (Lipinski definition) is 5. The van der Waals surface area contributed by atoms with Crippen molar-refractivity contribution in [3.8, 4) is 56.7 Å². The zero-order valence-corrected chi connectivity index (χ0v) is 21.5. The number of rotatable bonds is 5. The van der Waals surface area contributed by atoms with Crippen molar-refractivity contribution < 1.29 is 0 Å². The maximum absolute atomic E-state index is 4.97. The third-order valence-electron chi connectivity index (χ3n) is 6.82. The van der Waals surface area contributed by atoms with Crippen molar-refractivity contribution in [1.29, 1.82) is 0 Å². The standard InChI is InChI=1S/C35H23N5/c1-3-8-26(9-4-1)33-38-34(27-10-5-2-6-11-27)40-35(39-33)28-17-15-25(16-18-28)31-12-7-13-32(37-31)29-19-14-24-20-21-36-23-30(24)22-29/h1-23H. The van der Waals surface area contributed by atoms with Gasteiger partial charge in [-0.1, -0.05) is 103 Å². The lowest BCUT2D eigenvalue weighted by molar-refractivity contribution is 1.07. The molecule has 3 heterocycles. The molecule has 4 aromatic carbocycles. The van der Waals surface area contributed by atoms with E-state index in [2.05, 4.69) is 35.3 Å². The fourth-order valence-corrected chi connectivity index (χ4v) is 4.73. The third kappa shape index (κ3) is 4.72. The van der Waals surface area contributed by atoms with Gasteiger partial charge in [0.15, 0.2) is 17.5 Å². The molecule has 188 valence electrons. The fraction of sp³-hybridized carbons (Fsp3) is 0. The zero-order valence-electron chi connectivity index (χ0n) is 21.5. The summed E-state index contributed by atoms with van der Waals surface area (Å²) >= 11 is 0. The van der Waals surface area contributed by atoms with E-state index < -0.39 is 0 Å². The normalized spacial score (nSPS) is 11.0. The second-order valence-corrected chi connectivity index (χ2v) is 9.46. The molecule has 0 unspecified atom stereocenters. The summed E-state index contributed by atoms with van der Waals surface area (Å²) in [5.41, 5.74) is 6.72. The molecule has 5 nitrogen and oxygen atoms in total. The maximum atomic E-state index is 4.97. The van der Waals surface area contributed by atoms with Gasteiger partial charge in [-0.25, -0.2) is 19.9 Å². The van der Waals surface area contributed by atoms with E-state index in [0.717, 1.165) is 50.0 Å². The Labute approximate surface area is 231 Å². The molecule has 0 saturated carbocycles. The maximum Gasteiger partial charge on any atom is 0.164 e. The molecule has 0 atom stereocenters. The van der Waals surface area contributed by atoms with Crippen LogP contribution >= 0.6 is 0 Å². The van der Waals surface area contributed by atoms with Crippen molar-refractivity contribution in [3.05, 3.63) is 140 Å². The molecule has 5 heteroatoms. The number of aromatic nitrogens is 5. The van der Waals surface area contributed by atoms with Gasteiger partial charge in [-0.05, 0) is 29.7 Å². The molecule has 0 aliphatic carbocycles. The first-order valence-corrected chi connectivity index (χ1v) is 13.1. The fourth-order valence-electron chi connectivity index (χ4n) is 4.73. The van der Waals surface area contributed by atoms with Crippen LogP contribution in [0, 0.1) is 0 Å². The molecule has 0 saturated heterocycles. The van der Waals surface area contributed by atoms with E-state index in [1.807, 2.05) is 109 Å². The van der Waals surface area contributed by atoms with E-state index in [1.54, 1.807) is 0 Å². The average Bonchev–Trinajstić information content (AvgIpc) is 3.05. The van der Waals surface area contributed by atoms with Gasteiger partial charge in [-0.3, -0.25) is 4.98 Å². The Kier molecular flexibility index (Phi) is 6.07. The molecular formula is C35H23N5. The van der Waals surface area contributed by atoms with Crippen molar-refractivity contribution in [2.75, 3.05) is 0 Å². The first-order valence-electron chi connectivity index (χ1n) is 13.1. The molecular weight excluding hydrogens is 490 g/mol. The molecule has 0 spiro atoms. The van der Waals surface area contributed by atoms with Crippen LogP contribution in [0.2, 0.25) is 0 Å². The van der Waals surface area contributed by atoms with Gasteiger partial charge in [0.05, 0.1) is 11.4 Å². The summed E-state index contributed by atoms with van der Waals surface area (Å²) in [6.45, 7) is 0. The topological polar surface area (TPSA) is 64.5 Å². The Balaban J connectivity index is 1.24. The Bertz CT molecular complexity index is 1880. The van der Waals surface area contributed by atoms with Crippen LogP contribution in [0.4, 0.5) is 0 Å². The molecule has 0 bridgehead atoms. The lowest BCUT2D eigenvalue weighted by atomic mass is 10.0. The van der Waals surface area contributed by atoms with Gasteiger partial charge >= 0.3 is 0 Å². The minimum atomic E-state index is 0.630. The highest BCUT2D eigenvalue weighted by Gasteiger charge is 2.12. The smallest absolute Gasteiger partial charge is 0.164 e. The minimum Gasteiger partial charge on any atom is -0.264 e. The molecule has 0 aliphatic heterocycles. The number of hydrogen-bond donors (Lipinski definition) is 0. The second-order valence-electron chi connectivity index (χ2n) is 9.46. The summed E-state index contributed by atoms with van der Waals surface area (Å²) in [6.07, 6.45) is 3.70. The van der Waals surface area contributed by atoms with E-state index in [1.165, 1.54) is 0 Å². The summed E-state index contributed by atoms with van der Waals surface area (Å²) in [7, 11) is 0. The Morgan fingerprint density at radius 1 is 0.350 bits per heavy atom. The quantitative estimate of drug-likeness (QED) is 0.232. The molecule has 3 aromatic heterocycles. The van der Waals surface area contributed by atoms with E-state index in [9.17, 15) is 0 Å². The van der Waals surface area contributed by atoms with E-state index in [0.29, 0.717) is 17.5 Å². The van der Waals surface area contributed by atoms with Gasteiger partial charge < -0.3 is 0 Å². The molecule has 0 amide bonds. The Morgan fingerprint density at radius 3 is 1.50 bits per heavy atom. The van der Waals surface area contributed by atoms with Crippen LogP contribution in [0.15, 0.2) is 140 Å². The van der Waals surface area contributed by atoms with Crippen LogP contribution in [0.25, 0.3) is 67.5 Å². The minimum absolute atomic E-state index is 0.630. The van der Waals surface area contributed by atoms with Crippen LogP contribution in [0.3, 0.4) is 0 Å². The SMILES string of the molecule is c1ccc(-c2nc(-c3ccccc3)nc(-c3ccc(-c4cccc(-c5ccc6ccncc6c5)n4)cc3)n2)cc1. The molecule has 0 fully saturated rings. The Hall–Kier alpha value is -5.55. The van der Waals surface area contributed by atoms with Crippen molar-refractivity contribution >= 4 is 10.8 Å². The van der Waals surface area contributed by atoms with Gasteiger partial charge in [0.25, 0.3) is 0 Å². The summed E-state index contributed by atoms with van der Waals surface area (Å²) in [4.78, 5) is 23.7. The summed E-state index contributed by atoms with van der Waals surface area (Å²) in [5.74, 6) is 1.92. The van der Waals surface area contributed by atoms with Crippen LogP contribution in [0.5, 0.6) is 0 Å². The molecule has 7 rings (SSSR count). The lowest BCUT2D eigenvalue weighted by Gasteiger charge is -2.09. The van der Waals surface area contributed by atoms with Crippen molar-refractivity contribution in [3.63, 3.8) is 0 Å². The summed E-state index contributed by atoms with van der Waals surface area (Å²) < 4.78 is 0. The van der Waals surface area contributed by atoms with Crippen LogP contribution in [0.1, 0.15) is 0 Å². The highest BCUT2D eigenvalue weighted by molar-refractivity contribution is 5.86. The van der Waals surface area contributed by atoms with Crippen LogP contribution in [-0.2, 0) is 0 Å². The Morgan fingerprint density at radius 2 is 0.875 bits per heavy atom. The van der Waals surface area contributed by atoms with Crippen molar-refractivity contribution in [2.45, 2.75) is 0 Å². The predicted octanol–water partition coefficient (Wildman–Crippen LogP) is 8.15. The van der Waals surface area contributed by atoms with Gasteiger partial charge in [-0.15, -0.1) is 0 Å². The van der Waals surface area contributed by atoms with Crippen molar-refractivity contribution in [1.82, 2.24) is 24.9 Å². The summed E-state index contributed by atoms with van der Waals surface area (Å²) in [5, 5.41) is 2.26. The molecule has 40 heavy (non-hydrogen) atoms. The molecule has 0 aliphatic rings.